The molecular weight excluding hydrogens is 350 g/mol. The molecule has 0 fully saturated rings. The van der Waals surface area contributed by atoms with Crippen molar-refractivity contribution < 1.29 is 9.47 Å². The van der Waals surface area contributed by atoms with E-state index >= 15 is 0 Å². The van der Waals surface area contributed by atoms with Gasteiger partial charge in [0.05, 0.1) is 32.2 Å². The number of ether oxygens (including phenoxy) is 2. The number of hydrogen-bond donors (Lipinski definition) is 0. The summed E-state index contributed by atoms with van der Waals surface area (Å²) in [6.45, 7) is 1.35. The van der Waals surface area contributed by atoms with E-state index in [1.54, 1.807) is 20.4 Å². The lowest BCUT2D eigenvalue weighted by Crippen LogP contribution is -2.22. The Bertz CT molecular complexity index is 789. The van der Waals surface area contributed by atoms with Gasteiger partial charge in [0, 0.05) is 13.1 Å². The zero-order chi connectivity index (χ0) is 18.4. The topological polar surface area (TPSA) is 47.5 Å². The van der Waals surface area contributed by atoms with Gasteiger partial charge in [0.25, 0.3) is 0 Å². The van der Waals surface area contributed by atoms with Gasteiger partial charge < -0.3 is 14.4 Å². The molecule has 0 unspecified atom stereocenters. The van der Waals surface area contributed by atoms with Gasteiger partial charge in [-0.3, -0.25) is 0 Å². The standard InChI is InChI=1S/C20H19ClN3O2/c1-25-18-7-3-15(4-8-18)13-24(17-11-20(21)23-22-12-17)14-16-5-9-19(26-2)10-6-16/h3-10,12H,13-14H2,1-2H3. The zero-order valence-electron chi connectivity index (χ0n) is 14.6. The molecule has 0 aliphatic rings. The highest BCUT2D eigenvalue weighted by atomic mass is 35.5. The maximum Gasteiger partial charge on any atom is 0.161 e. The number of rotatable bonds is 7. The molecule has 0 bridgehead atoms. The molecule has 6 heteroatoms. The SMILES string of the molecule is COc1ccc(CN(Cc2ccc(OC)cc2)c2[c]c(Cl)nnc2)cc1. The third-order valence-corrected chi connectivity index (χ3v) is 4.13. The lowest BCUT2D eigenvalue weighted by molar-refractivity contribution is 0.414. The second-order valence-electron chi connectivity index (χ2n) is 5.70. The Morgan fingerprint density at radius 3 is 1.81 bits per heavy atom. The lowest BCUT2D eigenvalue weighted by atomic mass is 10.1. The van der Waals surface area contributed by atoms with Crippen molar-refractivity contribution in [1.82, 2.24) is 10.2 Å². The highest BCUT2D eigenvalue weighted by molar-refractivity contribution is 6.29. The number of methoxy groups -OCH3 is 2. The molecule has 0 saturated heterocycles. The van der Waals surface area contributed by atoms with Gasteiger partial charge in [0.15, 0.2) is 5.15 Å². The van der Waals surface area contributed by atoms with E-state index < -0.39 is 0 Å². The average Bonchev–Trinajstić information content (AvgIpc) is 2.68. The van der Waals surface area contributed by atoms with Crippen molar-refractivity contribution in [1.29, 1.82) is 0 Å². The third-order valence-electron chi connectivity index (χ3n) is 3.96. The first-order valence-electron chi connectivity index (χ1n) is 8.09. The molecule has 133 valence electrons. The van der Waals surface area contributed by atoms with E-state index in [0.29, 0.717) is 13.1 Å². The molecular formula is C20H19ClN3O2. The number of anilines is 1. The van der Waals surface area contributed by atoms with Crippen LogP contribution in [0.4, 0.5) is 5.69 Å². The molecule has 0 aliphatic heterocycles. The van der Waals surface area contributed by atoms with E-state index in [0.717, 1.165) is 28.3 Å². The van der Waals surface area contributed by atoms with Crippen LogP contribution in [0.1, 0.15) is 11.1 Å². The number of halogens is 1. The van der Waals surface area contributed by atoms with E-state index in [1.165, 1.54) is 0 Å². The summed E-state index contributed by atoms with van der Waals surface area (Å²) in [6, 6.07) is 19.0. The van der Waals surface area contributed by atoms with Crippen LogP contribution in [0, 0.1) is 6.07 Å². The summed E-state index contributed by atoms with van der Waals surface area (Å²) in [5, 5.41) is 7.98. The van der Waals surface area contributed by atoms with Gasteiger partial charge in [0.2, 0.25) is 0 Å². The number of aromatic nitrogens is 2. The quantitative estimate of drug-likeness (QED) is 0.626. The molecule has 2 aromatic carbocycles. The minimum atomic E-state index is 0.247. The van der Waals surface area contributed by atoms with Gasteiger partial charge in [-0.15, -0.1) is 5.10 Å². The van der Waals surface area contributed by atoms with Crippen LogP contribution in [0.25, 0.3) is 0 Å². The van der Waals surface area contributed by atoms with Crippen LogP contribution in [-0.4, -0.2) is 24.4 Å². The highest BCUT2D eigenvalue weighted by Crippen LogP contribution is 2.22. The first kappa shape index (κ1) is 18.0. The van der Waals surface area contributed by atoms with Crippen LogP contribution in [-0.2, 0) is 13.1 Å². The Kier molecular flexibility index (Phi) is 5.92. The van der Waals surface area contributed by atoms with Crippen molar-refractivity contribution in [2.75, 3.05) is 19.1 Å². The minimum Gasteiger partial charge on any atom is -0.497 e. The molecule has 1 aromatic heterocycles. The summed E-state index contributed by atoms with van der Waals surface area (Å²) in [5.74, 6) is 1.66. The summed E-state index contributed by atoms with van der Waals surface area (Å²) in [5.41, 5.74) is 3.07. The van der Waals surface area contributed by atoms with Crippen LogP contribution >= 0.6 is 11.6 Å². The lowest BCUT2D eigenvalue weighted by Gasteiger charge is -2.24. The average molecular weight is 369 g/mol. The second-order valence-corrected chi connectivity index (χ2v) is 6.06. The Hall–Kier alpha value is -2.79. The Morgan fingerprint density at radius 1 is 0.885 bits per heavy atom. The van der Waals surface area contributed by atoms with Crippen molar-refractivity contribution in [2.45, 2.75) is 13.1 Å². The summed E-state index contributed by atoms with van der Waals surface area (Å²) in [7, 11) is 3.31. The molecule has 26 heavy (non-hydrogen) atoms. The molecule has 5 nitrogen and oxygen atoms in total. The Balaban J connectivity index is 1.84. The molecule has 0 saturated carbocycles. The molecule has 0 aliphatic carbocycles. The zero-order valence-corrected chi connectivity index (χ0v) is 15.4. The molecule has 0 atom stereocenters. The van der Waals surface area contributed by atoms with Crippen LogP contribution < -0.4 is 14.4 Å². The van der Waals surface area contributed by atoms with Crippen molar-refractivity contribution in [3.05, 3.63) is 77.1 Å². The van der Waals surface area contributed by atoms with E-state index in [2.05, 4.69) is 21.2 Å². The molecule has 1 radical (unpaired) electrons. The fourth-order valence-corrected chi connectivity index (χ4v) is 2.73. The predicted molar refractivity (Wildman–Crippen MR) is 102 cm³/mol. The minimum absolute atomic E-state index is 0.247. The smallest absolute Gasteiger partial charge is 0.161 e. The van der Waals surface area contributed by atoms with Gasteiger partial charge in [-0.05, 0) is 35.4 Å². The van der Waals surface area contributed by atoms with Gasteiger partial charge >= 0.3 is 0 Å². The molecule has 3 aromatic rings. The molecule has 1 heterocycles. The molecule has 0 N–H and O–H groups in total. The largest absolute Gasteiger partial charge is 0.497 e. The van der Waals surface area contributed by atoms with Gasteiger partial charge in [-0.25, -0.2) is 0 Å². The van der Waals surface area contributed by atoms with Crippen molar-refractivity contribution >= 4 is 17.3 Å². The Labute approximate surface area is 158 Å². The summed E-state index contributed by atoms with van der Waals surface area (Å²) in [4.78, 5) is 2.14. The van der Waals surface area contributed by atoms with Crippen molar-refractivity contribution in [3.8, 4) is 11.5 Å². The number of benzene rings is 2. The summed E-state index contributed by atoms with van der Waals surface area (Å²) in [6.07, 6.45) is 1.67. The monoisotopic (exact) mass is 368 g/mol. The third kappa shape index (κ3) is 4.64. The second kappa shape index (κ2) is 8.54. The maximum atomic E-state index is 5.99. The maximum absolute atomic E-state index is 5.99. The predicted octanol–water partition coefficient (Wildman–Crippen LogP) is 4.15. The Morgan fingerprint density at radius 2 is 1.38 bits per heavy atom. The van der Waals surface area contributed by atoms with Crippen LogP contribution in [0.3, 0.4) is 0 Å². The molecule has 3 rings (SSSR count). The molecule has 0 spiro atoms. The summed E-state index contributed by atoms with van der Waals surface area (Å²) < 4.78 is 10.4. The van der Waals surface area contributed by atoms with E-state index in [9.17, 15) is 0 Å². The highest BCUT2D eigenvalue weighted by Gasteiger charge is 2.11. The van der Waals surface area contributed by atoms with Gasteiger partial charge in [0.1, 0.15) is 11.5 Å². The number of nitrogens with zero attached hydrogens (tertiary/aromatic N) is 3. The van der Waals surface area contributed by atoms with E-state index in [4.69, 9.17) is 21.1 Å². The van der Waals surface area contributed by atoms with E-state index in [-0.39, 0.29) is 5.15 Å². The van der Waals surface area contributed by atoms with Crippen molar-refractivity contribution in [2.24, 2.45) is 0 Å². The summed E-state index contributed by atoms with van der Waals surface area (Å²) >= 11 is 5.99. The van der Waals surface area contributed by atoms with Crippen LogP contribution in [0.15, 0.2) is 54.7 Å². The first-order chi connectivity index (χ1) is 12.7. The van der Waals surface area contributed by atoms with Crippen molar-refractivity contribution in [3.63, 3.8) is 0 Å². The van der Waals surface area contributed by atoms with Crippen LogP contribution in [0.2, 0.25) is 5.15 Å². The number of hydrogen-bond acceptors (Lipinski definition) is 5. The van der Waals surface area contributed by atoms with Gasteiger partial charge in [-0.2, -0.15) is 5.10 Å². The van der Waals surface area contributed by atoms with Gasteiger partial charge in [-0.1, -0.05) is 35.9 Å². The van der Waals surface area contributed by atoms with E-state index in [1.807, 2.05) is 48.5 Å². The molecule has 0 amide bonds. The first-order valence-corrected chi connectivity index (χ1v) is 8.47. The van der Waals surface area contributed by atoms with Crippen LogP contribution in [0.5, 0.6) is 11.5 Å². The fourth-order valence-electron chi connectivity index (χ4n) is 2.59. The normalized spacial score (nSPS) is 10.4. The fraction of sp³-hybridized carbons (Fsp3) is 0.200.